The molecule has 0 amide bonds. The molecule has 2 heterocycles. The van der Waals surface area contributed by atoms with E-state index in [9.17, 15) is 9.59 Å². The minimum absolute atomic E-state index is 0.192. The van der Waals surface area contributed by atoms with Gasteiger partial charge < -0.3 is 9.47 Å². The van der Waals surface area contributed by atoms with Crippen LogP contribution in [0.5, 0.6) is 5.75 Å². The van der Waals surface area contributed by atoms with Crippen molar-refractivity contribution in [2.75, 3.05) is 20.0 Å². The molecular formula is C25H24N2O4S2. The molecule has 1 atom stereocenters. The number of ether oxygens (including phenoxy) is 2. The van der Waals surface area contributed by atoms with E-state index in [1.54, 1.807) is 37.3 Å². The van der Waals surface area contributed by atoms with Crippen LogP contribution in [0.2, 0.25) is 0 Å². The summed E-state index contributed by atoms with van der Waals surface area (Å²) in [7, 11) is 1.61. The number of allylic oxidation sites excluding steroid dienone is 1. The molecule has 0 bridgehead atoms. The van der Waals surface area contributed by atoms with Gasteiger partial charge in [-0.2, -0.15) is 0 Å². The van der Waals surface area contributed by atoms with E-state index in [-0.39, 0.29) is 12.2 Å². The standard InChI is InChI=1S/C25H24N2O4S2/c1-5-31-24(29)21-15(2)26-25-27(22(21)17-8-12-19(32-4)13-9-17)23(28)20(33-25)14-16-6-10-18(30-3)11-7-16/h6-14,22H,5H2,1-4H3/b20-14-/t22-/m1/s1. The van der Waals surface area contributed by atoms with Gasteiger partial charge in [0.05, 0.1) is 35.6 Å². The monoisotopic (exact) mass is 480 g/mol. The quantitative estimate of drug-likeness (QED) is 0.399. The first-order chi connectivity index (χ1) is 16.0. The summed E-state index contributed by atoms with van der Waals surface area (Å²) >= 11 is 2.94. The Morgan fingerprint density at radius 1 is 1.18 bits per heavy atom. The Morgan fingerprint density at radius 2 is 1.88 bits per heavy atom. The Kier molecular flexibility index (Phi) is 6.85. The molecule has 6 nitrogen and oxygen atoms in total. The second kappa shape index (κ2) is 9.80. The number of thioether (sulfide) groups is 1. The van der Waals surface area contributed by atoms with Crippen molar-refractivity contribution in [3.05, 3.63) is 90.6 Å². The third-order valence-electron chi connectivity index (χ3n) is 5.36. The molecule has 0 spiro atoms. The number of aromatic nitrogens is 1. The highest BCUT2D eigenvalue weighted by atomic mass is 32.2. The molecular weight excluding hydrogens is 456 g/mol. The summed E-state index contributed by atoms with van der Waals surface area (Å²) in [6.07, 6.45) is 3.84. The summed E-state index contributed by atoms with van der Waals surface area (Å²) in [6.45, 7) is 3.80. The maximum atomic E-state index is 13.6. The lowest BCUT2D eigenvalue weighted by Crippen LogP contribution is -2.39. The third-order valence-corrected chi connectivity index (χ3v) is 7.09. The number of hydrogen-bond donors (Lipinski definition) is 0. The average Bonchev–Trinajstić information content (AvgIpc) is 3.13. The van der Waals surface area contributed by atoms with Crippen LogP contribution in [0, 0.1) is 0 Å². The number of carbonyl (C=O) groups excluding carboxylic acids is 1. The summed E-state index contributed by atoms with van der Waals surface area (Å²) in [5.74, 6) is 0.291. The van der Waals surface area contributed by atoms with Crippen LogP contribution in [-0.4, -0.2) is 30.5 Å². The van der Waals surface area contributed by atoms with Gasteiger partial charge in [-0.1, -0.05) is 35.6 Å². The van der Waals surface area contributed by atoms with Crippen molar-refractivity contribution >= 4 is 35.1 Å². The van der Waals surface area contributed by atoms with Crippen LogP contribution < -0.4 is 19.6 Å². The maximum absolute atomic E-state index is 13.6. The molecule has 1 aliphatic rings. The van der Waals surface area contributed by atoms with E-state index in [0.29, 0.717) is 20.6 Å². The van der Waals surface area contributed by atoms with Gasteiger partial charge in [0.15, 0.2) is 4.80 Å². The maximum Gasteiger partial charge on any atom is 0.338 e. The number of carbonyl (C=O) groups is 1. The predicted octanol–water partition coefficient (Wildman–Crippen LogP) is 3.53. The zero-order chi connectivity index (χ0) is 23.5. The second-order valence-electron chi connectivity index (χ2n) is 7.35. The highest BCUT2D eigenvalue weighted by Crippen LogP contribution is 2.31. The number of nitrogens with zero attached hydrogens (tertiary/aromatic N) is 2. The number of thiazole rings is 1. The van der Waals surface area contributed by atoms with Crippen molar-refractivity contribution in [2.45, 2.75) is 24.8 Å². The van der Waals surface area contributed by atoms with Gasteiger partial charge in [0.2, 0.25) is 0 Å². The first-order valence-corrected chi connectivity index (χ1v) is 12.5. The summed E-state index contributed by atoms with van der Waals surface area (Å²) in [6, 6.07) is 14.8. The Labute approximate surface area is 199 Å². The van der Waals surface area contributed by atoms with Crippen molar-refractivity contribution in [1.82, 2.24) is 4.57 Å². The van der Waals surface area contributed by atoms with Crippen LogP contribution in [0.1, 0.15) is 31.0 Å². The molecule has 1 aromatic heterocycles. The van der Waals surface area contributed by atoms with Crippen molar-refractivity contribution < 1.29 is 14.3 Å². The zero-order valence-electron chi connectivity index (χ0n) is 18.8. The number of esters is 1. The molecule has 0 unspecified atom stereocenters. The molecule has 2 aromatic carbocycles. The van der Waals surface area contributed by atoms with E-state index < -0.39 is 12.0 Å². The van der Waals surface area contributed by atoms with Crippen molar-refractivity contribution in [2.24, 2.45) is 4.99 Å². The van der Waals surface area contributed by atoms with Crippen LogP contribution in [0.15, 0.2) is 74.5 Å². The number of rotatable bonds is 6. The van der Waals surface area contributed by atoms with Gasteiger partial charge in [0, 0.05) is 4.90 Å². The molecule has 170 valence electrons. The molecule has 8 heteroatoms. The van der Waals surface area contributed by atoms with E-state index in [4.69, 9.17) is 9.47 Å². The van der Waals surface area contributed by atoms with Crippen LogP contribution >= 0.6 is 23.1 Å². The van der Waals surface area contributed by atoms with E-state index in [1.165, 1.54) is 11.3 Å². The van der Waals surface area contributed by atoms with Crippen LogP contribution in [0.4, 0.5) is 0 Å². The normalized spacial score (nSPS) is 15.8. The number of hydrogen-bond acceptors (Lipinski definition) is 7. The lowest BCUT2D eigenvalue weighted by molar-refractivity contribution is -0.139. The Balaban J connectivity index is 1.90. The van der Waals surface area contributed by atoms with E-state index in [2.05, 4.69) is 4.99 Å². The number of fused-ring (bicyclic) bond motifs is 1. The van der Waals surface area contributed by atoms with Crippen LogP contribution in [-0.2, 0) is 9.53 Å². The van der Waals surface area contributed by atoms with E-state index >= 15 is 0 Å². The fraction of sp³-hybridized carbons (Fsp3) is 0.240. The van der Waals surface area contributed by atoms with E-state index in [1.807, 2.05) is 60.9 Å². The minimum atomic E-state index is -0.603. The van der Waals surface area contributed by atoms with Gasteiger partial charge in [-0.05, 0) is 61.6 Å². The molecule has 0 saturated carbocycles. The van der Waals surface area contributed by atoms with Gasteiger partial charge >= 0.3 is 5.97 Å². The molecule has 1 aliphatic heterocycles. The van der Waals surface area contributed by atoms with Crippen molar-refractivity contribution in [3.63, 3.8) is 0 Å². The second-order valence-corrected chi connectivity index (χ2v) is 9.24. The van der Waals surface area contributed by atoms with Crippen LogP contribution in [0.3, 0.4) is 0 Å². The molecule has 0 N–H and O–H groups in total. The first-order valence-electron chi connectivity index (χ1n) is 10.4. The molecule has 33 heavy (non-hydrogen) atoms. The first kappa shape index (κ1) is 23.1. The highest BCUT2D eigenvalue weighted by Gasteiger charge is 2.33. The summed E-state index contributed by atoms with van der Waals surface area (Å²) in [5, 5.41) is 0. The van der Waals surface area contributed by atoms with Crippen LogP contribution in [0.25, 0.3) is 6.08 Å². The van der Waals surface area contributed by atoms with Gasteiger partial charge in [0.25, 0.3) is 5.56 Å². The van der Waals surface area contributed by atoms with E-state index in [0.717, 1.165) is 21.8 Å². The Hall–Kier alpha value is -3.10. The van der Waals surface area contributed by atoms with Gasteiger partial charge in [-0.3, -0.25) is 9.36 Å². The number of benzene rings is 2. The molecule has 0 saturated heterocycles. The van der Waals surface area contributed by atoms with Crippen molar-refractivity contribution in [3.8, 4) is 5.75 Å². The lowest BCUT2D eigenvalue weighted by atomic mass is 9.96. The molecule has 0 radical (unpaired) electrons. The smallest absolute Gasteiger partial charge is 0.338 e. The summed E-state index contributed by atoms with van der Waals surface area (Å²) < 4.78 is 12.7. The zero-order valence-corrected chi connectivity index (χ0v) is 20.5. The van der Waals surface area contributed by atoms with Crippen molar-refractivity contribution in [1.29, 1.82) is 0 Å². The number of methoxy groups -OCH3 is 1. The summed E-state index contributed by atoms with van der Waals surface area (Å²) in [4.78, 5) is 32.7. The highest BCUT2D eigenvalue weighted by molar-refractivity contribution is 7.98. The topological polar surface area (TPSA) is 69.9 Å². The SMILES string of the molecule is CCOC(=O)C1=C(C)N=c2s/c(=C\c3ccc(OC)cc3)c(=O)n2[C@@H]1c1ccc(SC)cc1. The average molecular weight is 481 g/mol. The van der Waals surface area contributed by atoms with Gasteiger partial charge in [0.1, 0.15) is 5.75 Å². The lowest BCUT2D eigenvalue weighted by Gasteiger charge is -2.24. The fourth-order valence-electron chi connectivity index (χ4n) is 3.74. The third kappa shape index (κ3) is 4.54. The molecule has 4 rings (SSSR count). The van der Waals surface area contributed by atoms with Gasteiger partial charge in [-0.15, -0.1) is 11.8 Å². The largest absolute Gasteiger partial charge is 0.497 e. The summed E-state index contributed by atoms with van der Waals surface area (Å²) in [5.41, 5.74) is 2.47. The predicted molar refractivity (Wildman–Crippen MR) is 132 cm³/mol. The fourth-order valence-corrected chi connectivity index (χ4v) is 5.20. The molecule has 0 aliphatic carbocycles. The Bertz CT molecular complexity index is 1380. The molecule has 3 aromatic rings. The molecule has 0 fully saturated rings. The van der Waals surface area contributed by atoms with Gasteiger partial charge in [-0.25, -0.2) is 9.79 Å². The Morgan fingerprint density at radius 3 is 2.48 bits per heavy atom. The minimum Gasteiger partial charge on any atom is -0.497 e.